The summed E-state index contributed by atoms with van der Waals surface area (Å²) in [6.07, 6.45) is 12.7. The number of nitrogens with zero attached hydrogens (tertiary/aromatic N) is 2. The van der Waals surface area contributed by atoms with E-state index < -0.39 is 17.9 Å². The maximum absolute atomic E-state index is 13.9. The molecule has 2 unspecified atom stereocenters. The molecule has 39 heavy (non-hydrogen) atoms. The van der Waals surface area contributed by atoms with Gasteiger partial charge in [0.05, 0.1) is 11.7 Å². The van der Waals surface area contributed by atoms with Crippen LogP contribution in [0.25, 0.3) is 11.5 Å². The van der Waals surface area contributed by atoms with Gasteiger partial charge in [0.2, 0.25) is 23.5 Å². The van der Waals surface area contributed by atoms with Gasteiger partial charge in [0.15, 0.2) is 5.76 Å². The Kier molecular flexibility index (Phi) is 10.00. The number of aromatic nitrogens is 2. The van der Waals surface area contributed by atoms with Crippen molar-refractivity contribution >= 4 is 17.6 Å². The monoisotopic (exact) mass is 529 g/mol. The molecule has 1 fully saturated rings. The summed E-state index contributed by atoms with van der Waals surface area (Å²) in [6.45, 7) is 1.69. The van der Waals surface area contributed by atoms with Crippen LogP contribution in [0.5, 0.6) is 0 Å². The molecule has 0 bridgehead atoms. The van der Waals surface area contributed by atoms with Crippen LogP contribution in [0.4, 0.5) is 0 Å². The minimum atomic E-state index is -0.818. The number of carbonyl (C=O) groups is 3. The number of oxazole rings is 1. The van der Waals surface area contributed by atoms with E-state index in [1.807, 2.05) is 30.3 Å². The Bertz CT molecular complexity index is 1240. The summed E-state index contributed by atoms with van der Waals surface area (Å²) in [5.74, 6) is -0.856. The van der Waals surface area contributed by atoms with Gasteiger partial charge in [-0.3, -0.25) is 19.4 Å². The van der Waals surface area contributed by atoms with Crippen LogP contribution in [-0.4, -0.2) is 33.6 Å². The summed E-state index contributed by atoms with van der Waals surface area (Å²) < 4.78 is 6.01. The van der Waals surface area contributed by atoms with Crippen LogP contribution in [0.2, 0.25) is 0 Å². The molecule has 2 aromatic heterocycles. The second kappa shape index (κ2) is 13.8. The van der Waals surface area contributed by atoms with E-state index in [-0.39, 0.29) is 29.8 Å². The smallest absolute Gasteiger partial charge is 0.227 e. The van der Waals surface area contributed by atoms with Crippen molar-refractivity contribution in [1.29, 1.82) is 0 Å². The van der Waals surface area contributed by atoms with Gasteiger partial charge in [0, 0.05) is 36.7 Å². The largest absolute Gasteiger partial charge is 0.433 e. The highest BCUT2D eigenvalue weighted by atomic mass is 16.4. The number of pyridine rings is 1. The summed E-state index contributed by atoms with van der Waals surface area (Å²) in [7, 11) is 0. The van der Waals surface area contributed by atoms with Crippen molar-refractivity contribution < 1.29 is 18.8 Å². The predicted molar refractivity (Wildman–Crippen MR) is 148 cm³/mol. The van der Waals surface area contributed by atoms with E-state index in [1.54, 1.807) is 37.9 Å². The first-order valence-corrected chi connectivity index (χ1v) is 13.8. The lowest BCUT2D eigenvalue weighted by molar-refractivity contribution is -0.121. The highest BCUT2D eigenvalue weighted by Gasteiger charge is 2.30. The fourth-order valence-corrected chi connectivity index (χ4v) is 5.00. The molecule has 0 saturated heterocycles. The maximum Gasteiger partial charge on any atom is 0.227 e. The number of amides is 2. The lowest BCUT2D eigenvalue weighted by Crippen LogP contribution is -2.42. The normalized spacial score (nSPS) is 15.4. The van der Waals surface area contributed by atoms with Gasteiger partial charge in [-0.1, -0.05) is 69.4 Å². The zero-order chi connectivity index (χ0) is 27.6. The van der Waals surface area contributed by atoms with Crippen molar-refractivity contribution in [1.82, 2.24) is 15.3 Å². The fraction of sp³-hybridized carbons (Fsp3) is 0.419. The molecular formula is C31H37N4O4. The standard InChI is InChI=1S/C31H37N4O4/c1-21(30(32)38)20-26-29(39-31(35-26)24-16-18-33-19-17-24)28(37)25(14-12-22-8-4-2-5-9-22)34-27(36)15-13-23-10-6-3-7-11-23/h2,4-5,8-9,15-19,21,23,25H,3,6-7,10-14,20H2,1H3,(H2,32,38)(H,34,36). The van der Waals surface area contributed by atoms with Crippen molar-refractivity contribution in [2.75, 3.05) is 0 Å². The molecule has 1 aliphatic carbocycles. The summed E-state index contributed by atoms with van der Waals surface area (Å²) in [6, 6.07) is 12.5. The van der Waals surface area contributed by atoms with Crippen LogP contribution in [0, 0.1) is 18.3 Å². The first-order valence-electron chi connectivity index (χ1n) is 13.8. The van der Waals surface area contributed by atoms with E-state index in [4.69, 9.17) is 10.2 Å². The van der Waals surface area contributed by atoms with Gasteiger partial charge in [0.1, 0.15) is 0 Å². The van der Waals surface area contributed by atoms with Gasteiger partial charge in [-0.25, -0.2) is 4.98 Å². The Hall–Kier alpha value is -3.81. The van der Waals surface area contributed by atoms with Crippen molar-refractivity contribution in [2.45, 2.75) is 70.8 Å². The SMILES string of the molecule is CC(Cc1nc(-c2ccncc2)oc1C(=O)C(CCc1ccccc1)NC(=O)[CH]CC1CCCCC1)C(N)=O. The molecule has 0 aliphatic heterocycles. The number of benzene rings is 1. The third kappa shape index (κ3) is 8.09. The zero-order valence-electron chi connectivity index (χ0n) is 22.5. The number of nitrogens with two attached hydrogens (primary N) is 1. The fourth-order valence-electron chi connectivity index (χ4n) is 5.00. The molecule has 2 amide bonds. The number of hydrogen-bond donors (Lipinski definition) is 2. The zero-order valence-corrected chi connectivity index (χ0v) is 22.5. The van der Waals surface area contributed by atoms with Crippen LogP contribution >= 0.6 is 0 Å². The molecule has 8 heteroatoms. The number of aryl methyl sites for hydroxylation is 1. The lowest BCUT2D eigenvalue weighted by Gasteiger charge is -2.22. The topological polar surface area (TPSA) is 128 Å². The lowest BCUT2D eigenvalue weighted by atomic mass is 9.86. The van der Waals surface area contributed by atoms with Crippen LogP contribution in [0.3, 0.4) is 0 Å². The molecule has 205 valence electrons. The molecular weight excluding hydrogens is 492 g/mol. The van der Waals surface area contributed by atoms with Gasteiger partial charge in [-0.15, -0.1) is 0 Å². The number of primary amides is 1. The Balaban J connectivity index is 1.57. The number of hydrogen-bond acceptors (Lipinski definition) is 6. The number of ketones is 1. The predicted octanol–water partition coefficient (Wildman–Crippen LogP) is 4.88. The number of rotatable bonds is 13. The Morgan fingerprint density at radius 2 is 1.79 bits per heavy atom. The van der Waals surface area contributed by atoms with Gasteiger partial charge >= 0.3 is 0 Å². The highest BCUT2D eigenvalue weighted by Crippen LogP contribution is 2.28. The summed E-state index contributed by atoms with van der Waals surface area (Å²) in [4.78, 5) is 47.3. The second-order valence-corrected chi connectivity index (χ2v) is 10.4. The Morgan fingerprint density at radius 1 is 1.08 bits per heavy atom. The highest BCUT2D eigenvalue weighted by molar-refractivity contribution is 6.01. The van der Waals surface area contributed by atoms with E-state index in [2.05, 4.69) is 15.3 Å². The minimum Gasteiger partial charge on any atom is -0.433 e. The Morgan fingerprint density at radius 3 is 2.49 bits per heavy atom. The molecule has 2 heterocycles. The molecule has 0 spiro atoms. The number of nitrogens with one attached hydrogen (secondary N) is 1. The summed E-state index contributed by atoms with van der Waals surface area (Å²) >= 11 is 0. The average molecular weight is 530 g/mol. The first kappa shape index (κ1) is 28.2. The summed E-state index contributed by atoms with van der Waals surface area (Å²) in [5.41, 5.74) is 7.58. The van der Waals surface area contributed by atoms with Crippen LogP contribution in [0.15, 0.2) is 59.3 Å². The van der Waals surface area contributed by atoms with Crippen molar-refractivity contribution in [3.8, 4) is 11.5 Å². The molecule has 2 atom stereocenters. The van der Waals surface area contributed by atoms with Crippen molar-refractivity contribution in [3.63, 3.8) is 0 Å². The molecule has 1 aliphatic rings. The average Bonchev–Trinajstić information content (AvgIpc) is 3.39. The quantitative estimate of drug-likeness (QED) is 0.304. The molecule has 4 rings (SSSR count). The first-order chi connectivity index (χ1) is 18.9. The van der Waals surface area contributed by atoms with E-state index in [0.717, 1.165) is 18.4 Å². The molecule has 8 nitrogen and oxygen atoms in total. The van der Waals surface area contributed by atoms with Crippen LogP contribution in [-0.2, 0) is 22.4 Å². The van der Waals surface area contributed by atoms with Gasteiger partial charge in [0.25, 0.3) is 0 Å². The van der Waals surface area contributed by atoms with E-state index in [0.29, 0.717) is 36.4 Å². The minimum absolute atomic E-state index is 0.0422. The van der Waals surface area contributed by atoms with Crippen molar-refractivity contribution in [2.24, 2.45) is 17.6 Å². The molecule has 1 aromatic carbocycles. The van der Waals surface area contributed by atoms with E-state index in [9.17, 15) is 14.4 Å². The van der Waals surface area contributed by atoms with E-state index in [1.165, 1.54) is 19.3 Å². The molecule has 1 saturated carbocycles. The summed E-state index contributed by atoms with van der Waals surface area (Å²) in [5, 5.41) is 2.94. The van der Waals surface area contributed by atoms with E-state index >= 15 is 0 Å². The van der Waals surface area contributed by atoms with Gasteiger partial charge < -0.3 is 15.5 Å². The molecule has 3 aromatic rings. The second-order valence-electron chi connectivity index (χ2n) is 10.4. The van der Waals surface area contributed by atoms with Gasteiger partial charge in [-0.05, 0) is 42.9 Å². The number of carbonyl (C=O) groups excluding carboxylic acids is 3. The molecule has 1 radical (unpaired) electrons. The molecule has 3 N–H and O–H groups in total. The Labute approximate surface area is 229 Å². The number of Topliss-reactive ketones (excluding diaryl/α,β-unsaturated/α-hetero) is 1. The van der Waals surface area contributed by atoms with Crippen LogP contribution in [0.1, 0.15) is 73.7 Å². The van der Waals surface area contributed by atoms with Crippen LogP contribution < -0.4 is 11.1 Å². The third-order valence-electron chi connectivity index (χ3n) is 7.39. The van der Waals surface area contributed by atoms with Crippen molar-refractivity contribution in [3.05, 3.63) is 78.3 Å². The van der Waals surface area contributed by atoms with Gasteiger partial charge in [-0.2, -0.15) is 0 Å². The third-order valence-corrected chi connectivity index (χ3v) is 7.39. The maximum atomic E-state index is 13.9.